The highest BCUT2D eigenvalue weighted by atomic mass is 19.1. The zero-order valence-corrected chi connectivity index (χ0v) is 17.7. The van der Waals surface area contributed by atoms with Gasteiger partial charge in [0.1, 0.15) is 11.5 Å². The van der Waals surface area contributed by atoms with Crippen LogP contribution in [0.25, 0.3) is 16.6 Å². The van der Waals surface area contributed by atoms with E-state index >= 15 is 0 Å². The second kappa shape index (κ2) is 8.57. The van der Waals surface area contributed by atoms with Crippen LogP contribution in [0.2, 0.25) is 0 Å². The van der Waals surface area contributed by atoms with Crippen molar-refractivity contribution < 1.29 is 13.6 Å². The van der Waals surface area contributed by atoms with Gasteiger partial charge in [-0.15, -0.1) is 0 Å². The van der Waals surface area contributed by atoms with E-state index in [1.54, 1.807) is 24.4 Å². The minimum atomic E-state index is -0.693. The molecule has 7 nitrogen and oxygen atoms in total. The van der Waals surface area contributed by atoms with Crippen molar-refractivity contribution in [3.05, 3.63) is 88.2 Å². The molecule has 0 unspecified atom stereocenters. The molecule has 1 atom stereocenters. The highest BCUT2D eigenvalue weighted by molar-refractivity contribution is 5.77. The van der Waals surface area contributed by atoms with Gasteiger partial charge in [0.25, 0.3) is 5.56 Å². The Labute approximate surface area is 187 Å². The minimum Gasteiger partial charge on any atom is -0.349 e. The molecule has 0 spiro atoms. The number of carbonyl (C=O) groups excluding carboxylic acids is 1. The summed E-state index contributed by atoms with van der Waals surface area (Å²) >= 11 is 0. The fourth-order valence-electron chi connectivity index (χ4n) is 4.32. The van der Waals surface area contributed by atoms with Gasteiger partial charge in [0.15, 0.2) is 5.82 Å². The average molecular weight is 449 g/mol. The van der Waals surface area contributed by atoms with E-state index in [4.69, 9.17) is 0 Å². The van der Waals surface area contributed by atoms with Crippen LogP contribution in [-0.2, 0) is 17.8 Å². The molecule has 2 aromatic carbocycles. The largest absolute Gasteiger partial charge is 0.349 e. The van der Waals surface area contributed by atoms with Crippen molar-refractivity contribution in [1.82, 2.24) is 24.6 Å². The summed E-state index contributed by atoms with van der Waals surface area (Å²) in [6.07, 6.45) is 5.40. The Bertz CT molecular complexity index is 1410. The summed E-state index contributed by atoms with van der Waals surface area (Å²) in [5.74, 6) is -1.54. The fourth-order valence-corrected chi connectivity index (χ4v) is 4.32. The van der Waals surface area contributed by atoms with Gasteiger partial charge in [-0.2, -0.15) is 5.10 Å². The molecule has 168 valence electrons. The number of aromatic nitrogens is 4. The number of para-hydroxylation sites is 1. The number of hydrogen-bond acceptors (Lipinski definition) is 4. The monoisotopic (exact) mass is 449 g/mol. The second-order valence-corrected chi connectivity index (χ2v) is 8.08. The quantitative estimate of drug-likeness (QED) is 0.506. The van der Waals surface area contributed by atoms with E-state index in [0.29, 0.717) is 17.3 Å². The molecule has 0 aliphatic heterocycles. The molecule has 1 N–H and O–H groups in total. The normalized spacial score (nSPS) is 15.4. The SMILES string of the molecule is O=C(CCn1cnc2ccccc2c1=O)N[C@@H]1CCCc2c1cnn2-c1ccc(F)cc1F. The van der Waals surface area contributed by atoms with Crippen LogP contribution < -0.4 is 10.9 Å². The van der Waals surface area contributed by atoms with Crippen LogP contribution >= 0.6 is 0 Å². The number of nitrogens with one attached hydrogen (secondary N) is 1. The third-order valence-corrected chi connectivity index (χ3v) is 5.97. The van der Waals surface area contributed by atoms with Gasteiger partial charge in [-0.1, -0.05) is 12.1 Å². The van der Waals surface area contributed by atoms with Gasteiger partial charge < -0.3 is 5.32 Å². The Hall–Kier alpha value is -3.88. The maximum absolute atomic E-state index is 14.3. The Morgan fingerprint density at radius 2 is 2.03 bits per heavy atom. The van der Waals surface area contributed by atoms with Crippen LogP contribution in [0.5, 0.6) is 0 Å². The number of nitrogens with zero attached hydrogens (tertiary/aromatic N) is 4. The van der Waals surface area contributed by atoms with E-state index in [1.165, 1.54) is 27.7 Å². The summed E-state index contributed by atoms with van der Waals surface area (Å²) in [6, 6.07) is 10.2. The van der Waals surface area contributed by atoms with Crippen LogP contribution in [0.4, 0.5) is 8.78 Å². The van der Waals surface area contributed by atoms with Gasteiger partial charge in [0.05, 0.1) is 29.5 Å². The Balaban J connectivity index is 1.30. The van der Waals surface area contributed by atoms with Crippen molar-refractivity contribution in [3.63, 3.8) is 0 Å². The fraction of sp³-hybridized carbons (Fsp3) is 0.250. The molecule has 0 radical (unpaired) electrons. The molecule has 9 heteroatoms. The number of hydrogen-bond donors (Lipinski definition) is 1. The molecule has 0 bridgehead atoms. The lowest BCUT2D eigenvalue weighted by atomic mass is 9.92. The minimum absolute atomic E-state index is 0.118. The summed E-state index contributed by atoms with van der Waals surface area (Å²) in [5.41, 5.74) is 2.23. The van der Waals surface area contributed by atoms with E-state index in [9.17, 15) is 18.4 Å². The third kappa shape index (κ3) is 4.02. The van der Waals surface area contributed by atoms with E-state index in [-0.39, 0.29) is 36.2 Å². The topological polar surface area (TPSA) is 81.8 Å². The number of halogens is 2. The van der Waals surface area contributed by atoms with Crippen LogP contribution in [0.1, 0.15) is 36.6 Å². The van der Waals surface area contributed by atoms with Crippen molar-refractivity contribution in [2.45, 2.75) is 38.3 Å². The Morgan fingerprint density at radius 3 is 2.88 bits per heavy atom. The highest BCUT2D eigenvalue weighted by Gasteiger charge is 2.26. The summed E-state index contributed by atoms with van der Waals surface area (Å²) in [7, 11) is 0. The summed E-state index contributed by atoms with van der Waals surface area (Å²) in [6.45, 7) is 0.210. The molecule has 4 aromatic rings. The van der Waals surface area contributed by atoms with E-state index in [1.807, 2.05) is 6.07 Å². The first kappa shape index (κ1) is 21.0. The summed E-state index contributed by atoms with van der Waals surface area (Å²) in [5, 5.41) is 7.82. The van der Waals surface area contributed by atoms with Gasteiger partial charge in [0, 0.05) is 30.3 Å². The van der Waals surface area contributed by atoms with E-state index in [0.717, 1.165) is 30.2 Å². The number of amides is 1. The van der Waals surface area contributed by atoms with Gasteiger partial charge >= 0.3 is 0 Å². The molecule has 1 aliphatic rings. The van der Waals surface area contributed by atoms with Gasteiger partial charge in [-0.25, -0.2) is 18.4 Å². The second-order valence-electron chi connectivity index (χ2n) is 8.08. The van der Waals surface area contributed by atoms with Crippen molar-refractivity contribution in [2.75, 3.05) is 0 Å². The summed E-state index contributed by atoms with van der Waals surface area (Å²) in [4.78, 5) is 29.5. The number of carbonyl (C=O) groups is 1. The molecule has 1 amide bonds. The first-order chi connectivity index (χ1) is 16.0. The lowest BCUT2D eigenvalue weighted by molar-refractivity contribution is -0.122. The van der Waals surface area contributed by atoms with Crippen molar-refractivity contribution in [2.24, 2.45) is 0 Å². The number of fused-ring (bicyclic) bond motifs is 2. The highest BCUT2D eigenvalue weighted by Crippen LogP contribution is 2.31. The predicted octanol–water partition coefficient (Wildman–Crippen LogP) is 3.44. The number of rotatable bonds is 5. The first-order valence-electron chi connectivity index (χ1n) is 10.8. The van der Waals surface area contributed by atoms with Crippen LogP contribution in [0.15, 0.2) is 59.8 Å². The average Bonchev–Trinajstić information content (AvgIpc) is 3.24. The number of benzene rings is 2. The van der Waals surface area contributed by atoms with Crippen molar-refractivity contribution in [3.8, 4) is 5.69 Å². The zero-order valence-electron chi connectivity index (χ0n) is 17.7. The molecular weight excluding hydrogens is 428 g/mol. The molecule has 0 fully saturated rings. The first-order valence-corrected chi connectivity index (χ1v) is 10.8. The van der Waals surface area contributed by atoms with Crippen molar-refractivity contribution in [1.29, 1.82) is 0 Å². The summed E-state index contributed by atoms with van der Waals surface area (Å²) < 4.78 is 30.5. The van der Waals surface area contributed by atoms with Crippen LogP contribution in [-0.4, -0.2) is 25.2 Å². The van der Waals surface area contributed by atoms with Gasteiger partial charge in [-0.3, -0.25) is 14.2 Å². The standard InChI is InChI=1S/C24H21F2N5O2/c25-15-8-9-22(18(26)12-15)31-21-7-3-6-20(17(21)13-28-31)29-23(32)10-11-30-14-27-19-5-2-1-4-16(19)24(30)33/h1-2,4-5,8-9,12-14,20H,3,6-7,10-11H2,(H,29,32)/t20-/m1/s1. The molecule has 1 aliphatic carbocycles. The van der Waals surface area contributed by atoms with Gasteiger partial charge in [0.2, 0.25) is 5.91 Å². The maximum Gasteiger partial charge on any atom is 0.261 e. The smallest absolute Gasteiger partial charge is 0.261 e. The molecular formula is C24H21F2N5O2. The molecule has 33 heavy (non-hydrogen) atoms. The Morgan fingerprint density at radius 1 is 1.18 bits per heavy atom. The molecule has 2 aromatic heterocycles. The van der Waals surface area contributed by atoms with E-state index in [2.05, 4.69) is 15.4 Å². The lowest BCUT2D eigenvalue weighted by Crippen LogP contribution is -2.32. The molecule has 0 saturated carbocycles. The van der Waals surface area contributed by atoms with Crippen molar-refractivity contribution >= 4 is 16.8 Å². The molecule has 5 rings (SSSR count). The molecule has 2 heterocycles. The Kier molecular flexibility index (Phi) is 5.45. The van der Waals surface area contributed by atoms with Crippen LogP contribution in [0, 0.1) is 11.6 Å². The van der Waals surface area contributed by atoms with Gasteiger partial charge in [-0.05, 0) is 43.5 Å². The lowest BCUT2D eigenvalue weighted by Gasteiger charge is -2.24. The van der Waals surface area contributed by atoms with E-state index < -0.39 is 11.6 Å². The van der Waals surface area contributed by atoms with Crippen LogP contribution in [0.3, 0.4) is 0 Å². The zero-order chi connectivity index (χ0) is 22.9. The molecule has 0 saturated heterocycles. The predicted molar refractivity (Wildman–Crippen MR) is 118 cm³/mol. The maximum atomic E-state index is 14.3. The number of aryl methyl sites for hydroxylation is 1. The third-order valence-electron chi connectivity index (χ3n) is 5.97.